The first kappa shape index (κ1) is 66.9. The van der Waals surface area contributed by atoms with Gasteiger partial charge in [0.25, 0.3) is 0 Å². The van der Waals surface area contributed by atoms with Gasteiger partial charge in [0.1, 0.15) is 56.2 Å². The fourth-order valence-electron chi connectivity index (χ4n) is 7.73. The number of rotatable bonds is 24. The summed E-state index contributed by atoms with van der Waals surface area (Å²) in [6, 6.07) is 4.23. The molecule has 3 rings (SSSR count). The van der Waals surface area contributed by atoms with Gasteiger partial charge in [-0.15, -0.1) is 0 Å². The molecule has 0 spiro atoms. The van der Waals surface area contributed by atoms with E-state index in [0.717, 1.165) is 62.3 Å². The van der Waals surface area contributed by atoms with Gasteiger partial charge >= 0.3 is 85.5 Å². The number of hydrogen-bond acceptors (Lipinski definition) is 26. The van der Waals surface area contributed by atoms with E-state index in [1.807, 2.05) is 0 Å². The zero-order valence-corrected chi connectivity index (χ0v) is 43.0. The molecule has 0 aliphatic carbocycles. The minimum Gasteiger partial charge on any atom is -0.544 e. The molecule has 0 radical (unpaired) electrons. The zero-order valence-electron chi connectivity index (χ0n) is 43.0. The van der Waals surface area contributed by atoms with Gasteiger partial charge in [-0.25, -0.2) is 0 Å². The van der Waals surface area contributed by atoms with Crippen molar-refractivity contribution >= 4 is 71.5 Å². The Morgan fingerprint density at radius 3 is 1.28 bits per heavy atom. The molecule has 2 N–H and O–H groups in total. The summed E-state index contributed by atoms with van der Waals surface area (Å²) < 4.78 is 65.9. The van der Waals surface area contributed by atoms with Crippen molar-refractivity contribution in [3.63, 3.8) is 0 Å². The van der Waals surface area contributed by atoms with Crippen LogP contribution in [0, 0.1) is 0 Å². The third-order valence-electron chi connectivity index (χ3n) is 10.3. The van der Waals surface area contributed by atoms with E-state index in [-0.39, 0.29) is 37.7 Å². The van der Waals surface area contributed by atoms with Crippen LogP contribution in [0.25, 0.3) is 0 Å². The van der Waals surface area contributed by atoms with Gasteiger partial charge in [-0.05, 0) is 5.56 Å². The molecule has 2 saturated heterocycles. The monoisotopic (exact) mass is 1050 g/mol. The molecule has 2 amide bonds. The Morgan fingerprint density at radius 2 is 0.933 bits per heavy atom. The third-order valence-corrected chi connectivity index (χ3v) is 10.3. The van der Waals surface area contributed by atoms with E-state index in [2.05, 4.69) is 10.6 Å². The average Bonchev–Trinajstić information content (AvgIpc) is 3.27. The zero-order chi connectivity index (χ0) is 55.0. The van der Waals surface area contributed by atoms with E-state index in [9.17, 15) is 67.7 Å². The smallest absolute Gasteiger partial charge is 0.544 e. The van der Waals surface area contributed by atoms with Gasteiger partial charge in [-0.3, -0.25) is 47.9 Å². The molecular formula is C45H56Li2N2O26. The number of nitrogens with one attached hydrogen (secondary N) is 2. The maximum Gasteiger partial charge on any atom is 1.00 e. The maximum atomic E-state index is 14.3. The molecule has 0 saturated carbocycles. The van der Waals surface area contributed by atoms with Crippen molar-refractivity contribution in [1.29, 1.82) is 0 Å². The molecule has 0 unspecified atom stereocenters. The largest absolute Gasteiger partial charge is 1.00 e. The number of aliphatic carboxylic acids is 2. The normalized spacial score (nSPS) is 24.3. The predicted octanol–water partition coefficient (Wildman–Crippen LogP) is -9.60. The number of hydrogen-bond donors (Lipinski definition) is 2. The Labute approximate surface area is 452 Å². The van der Waals surface area contributed by atoms with Crippen LogP contribution in [0.3, 0.4) is 0 Å². The van der Waals surface area contributed by atoms with Gasteiger partial charge in [0.15, 0.2) is 24.4 Å². The number of ether oxygens (including phenoxy) is 12. The van der Waals surface area contributed by atoms with Gasteiger partial charge in [-0.1, -0.05) is 30.3 Å². The van der Waals surface area contributed by atoms with Crippen molar-refractivity contribution in [3.8, 4) is 0 Å². The van der Waals surface area contributed by atoms with Gasteiger partial charge in [0.2, 0.25) is 23.4 Å². The van der Waals surface area contributed by atoms with E-state index >= 15 is 0 Å². The molecular weight excluding hydrogens is 998 g/mol. The van der Waals surface area contributed by atoms with Gasteiger partial charge < -0.3 is 87.3 Å². The maximum absolute atomic E-state index is 14.3. The Bertz CT molecular complexity index is 2230. The second-order valence-electron chi connectivity index (χ2n) is 16.4. The molecule has 2 aliphatic heterocycles. The molecule has 0 aromatic heterocycles. The number of carbonyl (C=O) groups is 12. The number of carboxylic acids is 2. The molecule has 2 aliphatic rings. The molecule has 404 valence electrons. The molecule has 75 heavy (non-hydrogen) atoms. The van der Waals surface area contributed by atoms with Crippen LogP contribution in [0.5, 0.6) is 0 Å². The van der Waals surface area contributed by atoms with E-state index in [4.69, 9.17) is 56.8 Å². The van der Waals surface area contributed by atoms with Gasteiger partial charge in [-0.2, -0.15) is 0 Å². The summed E-state index contributed by atoms with van der Waals surface area (Å²) >= 11 is 0. The topological polar surface area (TPSA) is 386 Å². The van der Waals surface area contributed by atoms with Gasteiger partial charge in [0, 0.05) is 75.2 Å². The standard InChI is InChI=1S/C45H58N2O26.2Li/c1-21(48)46-36-31(66-24(4)51)15-45(43(60)61,72-40(36)38(70-28(8)55)33(68-26(6)53)18-62-22(2)49)65-20-35(57)47-37-32(67-25(5)52)16-44(42(58)59,64-17-30-13-11-10-12-14-30)73-41(37)39(71-29(9)56)34(69-27(7)54)19-63-23(3)50;;/h10-14,31-34,36-41H,15-20H2,1-9H3,(H,46,48)(H,47,57)(H,58,59)(H,60,61);;/q;2*+1/p-2/t31-,32-,33+,34+,36+,37+,38+,39+,40+,41+,44+,45+;;/m0../s1. The second-order valence-corrected chi connectivity index (χ2v) is 16.4. The van der Waals surface area contributed by atoms with E-state index in [0.29, 0.717) is 5.56 Å². The fraction of sp³-hybridized carbons (Fsp3) is 0.600. The van der Waals surface area contributed by atoms with Crippen molar-refractivity contribution < 1.29 is 162 Å². The number of carboxylic acid groups (broad SMARTS) is 2. The van der Waals surface area contributed by atoms with Crippen LogP contribution in [0.4, 0.5) is 0 Å². The van der Waals surface area contributed by atoms with E-state index in [1.165, 1.54) is 12.1 Å². The number of esters is 8. The Morgan fingerprint density at radius 1 is 0.547 bits per heavy atom. The summed E-state index contributed by atoms with van der Waals surface area (Å²) in [6.45, 7) is 4.46. The minimum atomic E-state index is -3.28. The van der Waals surface area contributed by atoms with E-state index in [1.54, 1.807) is 18.2 Å². The molecule has 1 aromatic carbocycles. The SMILES string of the molecule is CC(=O)N[C@H]1[C@H]([C@H](OC(C)=O)[C@@H](COC(C)=O)OC(C)=O)O[C@@](OCC(=O)N[C@H]2[C@H]([C@H](OC(C)=O)[C@@H](COC(C)=O)OC(C)=O)O[C@@](OCc3ccccc3)(C(=O)[O-])C[C@@H]2OC(C)=O)(C(=O)[O-])C[C@@H]1OC(C)=O.[Li+].[Li+]. The van der Waals surface area contributed by atoms with Crippen LogP contribution in [0.2, 0.25) is 0 Å². The van der Waals surface area contributed by atoms with Crippen molar-refractivity contribution in [1.82, 2.24) is 10.6 Å². The van der Waals surface area contributed by atoms with Crippen molar-refractivity contribution in [2.24, 2.45) is 0 Å². The number of benzene rings is 1. The van der Waals surface area contributed by atoms with Crippen LogP contribution in [-0.4, -0.2) is 164 Å². The third kappa shape index (κ3) is 20.5. The van der Waals surface area contributed by atoms with Crippen LogP contribution >= 0.6 is 0 Å². The summed E-state index contributed by atoms with van der Waals surface area (Å²) in [4.78, 5) is 153. The predicted molar refractivity (Wildman–Crippen MR) is 228 cm³/mol. The summed E-state index contributed by atoms with van der Waals surface area (Å²) in [7, 11) is 0. The molecule has 0 bridgehead atoms. The second kappa shape index (κ2) is 30.4. The summed E-state index contributed by atoms with van der Waals surface area (Å²) in [6.07, 6.45) is -18.1. The van der Waals surface area contributed by atoms with Crippen molar-refractivity contribution in [2.45, 2.75) is 154 Å². The summed E-state index contributed by atoms with van der Waals surface area (Å²) in [5, 5.41) is 31.2. The Kier molecular flexibility index (Phi) is 27.2. The van der Waals surface area contributed by atoms with Crippen molar-refractivity contribution in [3.05, 3.63) is 35.9 Å². The van der Waals surface area contributed by atoms with E-state index < -0.39 is 183 Å². The molecule has 12 atom stereocenters. The molecule has 2 fully saturated rings. The Hall–Kier alpha value is -6.11. The molecule has 2 heterocycles. The minimum absolute atomic E-state index is 0. The van der Waals surface area contributed by atoms with Crippen LogP contribution in [0.1, 0.15) is 80.7 Å². The molecule has 28 nitrogen and oxygen atoms in total. The van der Waals surface area contributed by atoms with Crippen LogP contribution in [-0.2, 0) is 121 Å². The Balaban J connectivity index is 0.0000141. The quantitative estimate of drug-likeness (QED) is 0.0551. The summed E-state index contributed by atoms with van der Waals surface area (Å²) in [5.41, 5.74) is 0.378. The first-order chi connectivity index (χ1) is 34.1. The number of amides is 2. The van der Waals surface area contributed by atoms with Crippen LogP contribution < -0.4 is 58.6 Å². The first-order valence-electron chi connectivity index (χ1n) is 22.0. The van der Waals surface area contributed by atoms with Crippen LogP contribution in [0.15, 0.2) is 30.3 Å². The van der Waals surface area contributed by atoms with Crippen molar-refractivity contribution in [2.75, 3.05) is 19.8 Å². The average molecular weight is 1050 g/mol. The number of carbonyl (C=O) groups excluding carboxylic acids is 12. The van der Waals surface area contributed by atoms with Gasteiger partial charge in [0.05, 0.1) is 18.7 Å². The molecule has 1 aromatic rings. The first-order valence-corrected chi connectivity index (χ1v) is 22.0. The summed E-state index contributed by atoms with van der Waals surface area (Å²) in [5.74, 6) is -21.4. The fourth-order valence-corrected chi connectivity index (χ4v) is 7.73. The molecule has 30 heteroatoms.